The maximum absolute atomic E-state index is 10.7. The molecule has 0 unspecified atom stereocenters. The zero-order valence-electron chi connectivity index (χ0n) is 10.8. The van der Waals surface area contributed by atoms with Crippen molar-refractivity contribution in [2.75, 3.05) is 6.54 Å². The molecule has 1 fully saturated rings. The van der Waals surface area contributed by atoms with Gasteiger partial charge in [0.1, 0.15) is 12.2 Å². The van der Waals surface area contributed by atoms with Crippen molar-refractivity contribution < 1.29 is 22.4 Å². The molecule has 0 amide bonds. The molecule has 0 aromatic carbocycles. The fourth-order valence-corrected chi connectivity index (χ4v) is 3.23. The standard InChI is InChI=1S/C10H16N2O5S2/c1-6-9(18-5-11-6)8-7(4-12-19(13,14)15)16-10(2,3)17-8/h5,7-8,12H,4H2,1-3H3,(H,13,14,15)/t7-,8+/m0/s1. The van der Waals surface area contributed by atoms with Crippen LogP contribution in [0.5, 0.6) is 0 Å². The minimum atomic E-state index is -4.25. The first-order valence-corrected chi connectivity index (χ1v) is 7.97. The third-order valence-electron chi connectivity index (χ3n) is 2.69. The van der Waals surface area contributed by atoms with Crippen molar-refractivity contribution in [2.45, 2.75) is 38.8 Å². The van der Waals surface area contributed by atoms with Gasteiger partial charge < -0.3 is 9.47 Å². The van der Waals surface area contributed by atoms with Crippen LogP contribution in [-0.2, 0) is 19.8 Å². The van der Waals surface area contributed by atoms with Crippen molar-refractivity contribution in [1.29, 1.82) is 0 Å². The first kappa shape index (κ1) is 14.8. The molecule has 7 nitrogen and oxygen atoms in total. The van der Waals surface area contributed by atoms with Gasteiger partial charge in [-0.3, -0.25) is 4.55 Å². The molecule has 0 saturated carbocycles. The summed E-state index contributed by atoms with van der Waals surface area (Å²) in [5.74, 6) is -0.813. The van der Waals surface area contributed by atoms with Crippen LogP contribution in [0.15, 0.2) is 5.51 Å². The van der Waals surface area contributed by atoms with Gasteiger partial charge in [0.25, 0.3) is 0 Å². The second kappa shape index (κ2) is 5.08. The second-order valence-corrected chi connectivity index (χ2v) is 6.85. The van der Waals surface area contributed by atoms with E-state index in [1.807, 2.05) is 11.6 Å². The van der Waals surface area contributed by atoms with Gasteiger partial charge in [0.05, 0.1) is 16.1 Å². The summed E-state index contributed by atoms with van der Waals surface area (Å²) in [6.45, 7) is 5.30. The molecule has 0 bridgehead atoms. The molecule has 1 aromatic heterocycles. The molecule has 1 aliphatic heterocycles. The van der Waals surface area contributed by atoms with Crippen LogP contribution in [-0.4, -0.2) is 36.4 Å². The zero-order chi connectivity index (χ0) is 14.3. The summed E-state index contributed by atoms with van der Waals surface area (Å²) in [7, 11) is -4.25. The molecule has 2 heterocycles. The minimum Gasteiger partial charge on any atom is -0.343 e. The van der Waals surface area contributed by atoms with E-state index >= 15 is 0 Å². The van der Waals surface area contributed by atoms with Crippen LogP contribution in [0.4, 0.5) is 0 Å². The van der Waals surface area contributed by atoms with Crippen molar-refractivity contribution in [3.8, 4) is 0 Å². The quantitative estimate of drug-likeness (QED) is 0.806. The SMILES string of the molecule is Cc1ncsc1[C@@H]1OC(C)(C)O[C@H]1CNS(=O)(=O)O. The van der Waals surface area contributed by atoms with Gasteiger partial charge in [-0.2, -0.15) is 13.1 Å². The Hall–Kier alpha value is -0.580. The molecular formula is C10H16N2O5S2. The van der Waals surface area contributed by atoms with E-state index < -0.39 is 28.3 Å². The Morgan fingerprint density at radius 1 is 1.53 bits per heavy atom. The Morgan fingerprint density at radius 2 is 2.21 bits per heavy atom. The number of hydrogen-bond acceptors (Lipinski definition) is 6. The Balaban J connectivity index is 2.18. The van der Waals surface area contributed by atoms with Crippen molar-refractivity contribution in [2.24, 2.45) is 0 Å². The average molecular weight is 308 g/mol. The highest BCUT2D eigenvalue weighted by atomic mass is 32.2. The van der Waals surface area contributed by atoms with E-state index in [4.69, 9.17) is 14.0 Å². The van der Waals surface area contributed by atoms with Gasteiger partial charge in [0.2, 0.25) is 0 Å². The number of nitrogens with one attached hydrogen (secondary N) is 1. The molecule has 0 aliphatic carbocycles. The molecular weight excluding hydrogens is 292 g/mol. The van der Waals surface area contributed by atoms with E-state index in [1.54, 1.807) is 19.4 Å². The molecule has 1 saturated heterocycles. The van der Waals surface area contributed by atoms with Crippen LogP contribution in [0.1, 0.15) is 30.5 Å². The summed E-state index contributed by atoms with van der Waals surface area (Å²) in [5.41, 5.74) is 2.53. The topological polar surface area (TPSA) is 97.8 Å². The van der Waals surface area contributed by atoms with Gasteiger partial charge in [-0.25, -0.2) is 4.98 Å². The second-order valence-electron chi connectivity index (χ2n) is 4.72. The van der Waals surface area contributed by atoms with Gasteiger partial charge in [0, 0.05) is 6.54 Å². The van der Waals surface area contributed by atoms with Gasteiger partial charge in [-0.05, 0) is 20.8 Å². The van der Waals surface area contributed by atoms with E-state index in [9.17, 15) is 8.42 Å². The number of nitrogens with zero attached hydrogens (tertiary/aromatic N) is 1. The van der Waals surface area contributed by atoms with Crippen molar-refractivity contribution in [3.05, 3.63) is 16.1 Å². The van der Waals surface area contributed by atoms with Crippen LogP contribution in [0.2, 0.25) is 0 Å². The monoisotopic (exact) mass is 308 g/mol. The molecule has 0 spiro atoms. The highest BCUT2D eigenvalue weighted by Crippen LogP contribution is 2.40. The molecule has 108 valence electrons. The first-order valence-electron chi connectivity index (χ1n) is 5.66. The molecule has 2 rings (SSSR count). The van der Waals surface area contributed by atoms with E-state index in [0.717, 1.165) is 10.6 Å². The maximum Gasteiger partial charge on any atom is 0.333 e. The van der Waals surface area contributed by atoms with Gasteiger partial charge in [-0.15, -0.1) is 11.3 Å². The Bertz CT molecular complexity index is 554. The summed E-state index contributed by atoms with van der Waals surface area (Å²) in [4.78, 5) is 5.04. The Kier molecular flexibility index (Phi) is 3.96. The molecule has 9 heteroatoms. The lowest BCUT2D eigenvalue weighted by molar-refractivity contribution is -0.146. The fraction of sp³-hybridized carbons (Fsp3) is 0.700. The Labute approximate surface area is 115 Å². The van der Waals surface area contributed by atoms with Crippen LogP contribution < -0.4 is 4.72 Å². The Morgan fingerprint density at radius 3 is 2.74 bits per heavy atom. The van der Waals surface area contributed by atoms with Crippen LogP contribution in [0, 0.1) is 6.92 Å². The van der Waals surface area contributed by atoms with Crippen molar-refractivity contribution >= 4 is 21.6 Å². The van der Waals surface area contributed by atoms with Gasteiger partial charge >= 0.3 is 10.3 Å². The van der Waals surface area contributed by atoms with Crippen LogP contribution >= 0.6 is 11.3 Å². The van der Waals surface area contributed by atoms with Crippen LogP contribution in [0.3, 0.4) is 0 Å². The molecule has 2 atom stereocenters. The first-order chi connectivity index (χ1) is 8.68. The van der Waals surface area contributed by atoms with E-state index in [0.29, 0.717) is 0 Å². The normalized spacial score (nSPS) is 26.7. The molecule has 2 N–H and O–H groups in total. The van der Waals surface area contributed by atoms with Gasteiger partial charge in [-0.1, -0.05) is 0 Å². The lowest BCUT2D eigenvalue weighted by Crippen LogP contribution is -2.34. The van der Waals surface area contributed by atoms with E-state index in [-0.39, 0.29) is 6.54 Å². The number of aromatic nitrogens is 1. The van der Waals surface area contributed by atoms with Crippen molar-refractivity contribution in [3.63, 3.8) is 0 Å². The predicted molar refractivity (Wildman–Crippen MR) is 69.2 cm³/mol. The number of ether oxygens (including phenoxy) is 2. The summed E-state index contributed by atoms with van der Waals surface area (Å²) in [6, 6.07) is 0. The smallest absolute Gasteiger partial charge is 0.333 e. The number of thiazole rings is 1. The van der Waals surface area contributed by atoms with Crippen LogP contribution in [0.25, 0.3) is 0 Å². The highest BCUT2D eigenvalue weighted by Gasteiger charge is 2.43. The molecule has 1 aromatic rings. The summed E-state index contributed by atoms with van der Waals surface area (Å²) < 4.78 is 43.7. The minimum absolute atomic E-state index is 0.0652. The lowest BCUT2D eigenvalue weighted by Gasteiger charge is -2.16. The lowest BCUT2D eigenvalue weighted by atomic mass is 10.1. The molecule has 19 heavy (non-hydrogen) atoms. The largest absolute Gasteiger partial charge is 0.343 e. The van der Waals surface area contributed by atoms with Gasteiger partial charge in [0.15, 0.2) is 5.79 Å². The molecule has 0 radical (unpaired) electrons. The maximum atomic E-state index is 10.7. The predicted octanol–water partition coefficient (Wildman–Crippen LogP) is 1.04. The van der Waals surface area contributed by atoms with E-state index in [1.165, 1.54) is 11.3 Å². The average Bonchev–Trinajstić information content (AvgIpc) is 2.77. The third-order valence-corrected chi connectivity index (χ3v) is 4.22. The molecule has 1 aliphatic rings. The summed E-state index contributed by atoms with van der Waals surface area (Å²) >= 11 is 1.43. The zero-order valence-corrected chi connectivity index (χ0v) is 12.4. The number of rotatable bonds is 4. The number of aryl methyl sites for hydroxylation is 1. The van der Waals surface area contributed by atoms with E-state index in [2.05, 4.69) is 4.98 Å². The van der Waals surface area contributed by atoms with Crippen molar-refractivity contribution in [1.82, 2.24) is 9.71 Å². The summed E-state index contributed by atoms with van der Waals surface area (Å²) in [5, 5.41) is 0. The number of hydrogen-bond donors (Lipinski definition) is 2. The fourth-order valence-electron chi connectivity index (χ4n) is 1.98. The third kappa shape index (κ3) is 3.71. The highest BCUT2D eigenvalue weighted by molar-refractivity contribution is 7.83. The summed E-state index contributed by atoms with van der Waals surface area (Å²) in [6.07, 6.45) is -0.923.